The molecule has 2 rings (SSSR count). The van der Waals surface area contributed by atoms with Gasteiger partial charge in [-0.3, -0.25) is 0 Å². The van der Waals surface area contributed by atoms with Gasteiger partial charge in [0, 0.05) is 0 Å². The van der Waals surface area contributed by atoms with Crippen molar-refractivity contribution in [2.45, 2.75) is 19.6 Å². The van der Waals surface area contributed by atoms with Gasteiger partial charge in [0.25, 0.3) is 0 Å². The Balaban J connectivity index is 0.000000151. The minimum Gasteiger partial charge on any atom is -0.467 e. The zero-order valence-corrected chi connectivity index (χ0v) is 8.46. The summed E-state index contributed by atoms with van der Waals surface area (Å²) in [6.45, 7) is 1.66. The number of aliphatic hydroxyl groups is 2. The Kier molecular flexibility index (Phi) is 4.66. The molecule has 4 nitrogen and oxygen atoms in total. The van der Waals surface area contributed by atoms with Gasteiger partial charge in [0.15, 0.2) is 0 Å². The summed E-state index contributed by atoms with van der Waals surface area (Å²) >= 11 is 0. The van der Waals surface area contributed by atoms with E-state index in [0.29, 0.717) is 11.5 Å². The molecule has 0 saturated carbocycles. The molecule has 2 aromatic rings. The maximum Gasteiger partial charge on any atom is 0.131 e. The average Bonchev–Trinajstić information content (AvgIpc) is 2.92. The fraction of sp³-hybridized carbons (Fsp3) is 0.273. The Labute approximate surface area is 87.8 Å². The molecule has 15 heavy (non-hydrogen) atoms. The maximum atomic E-state index is 8.82. The highest BCUT2D eigenvalue weighted by Crippen LogP contribution is 2.10. The van der Waals surface area contributed by atoms with Gasteiger partial charge < -0.3 is 19.0 Å². The lowest BCUT2D eigenvalue weighted by Gasteiger charge is -1.94. The molecule has 0 saturated heterocycles. The van der Waals surface area contributed by atoms with Crippen LogP contribution < -0.4 is 0 Å². The quantitative estimate of drug-likeness (QED) is 0.796. The van der Waals surface area contributed by atoms with Crippen LogP contribution in [0.4, 0.5) is 0 Å². The number of rotatable bonds is 2. The summed E-state index contributed by atoms with van der Waals surface area (Å²) in [7, 11) is 0. The monoisotopic (exact) mass is 210 g/mol. The zero-order chi connectivity index (χ0) is 11.1. The average molecular weight is 210 g/mol. The first-order valence-electron chi connectivity index (χ1n) is 4.58. The molecule has 0 radical (unpaired) electrons. The van der Waals surface area contributed by atoms with Gasteiger partial charge in [0.05, 0.1) is 12.5 Å². The van der Waals surface area contributed by atoms with E-state index < -0.39 is 6.10 Å². The molecule has 82 valence electrons. The summed E-state index contributed by atoms with van der Waals surface area (Å²) in [5.41, 5.74) is 0. The van der Waals surface area contributed by atoms with Gasteiger partial charge in [0.2, 0.25) is 0 Å². The highest BCUT2D eigenvalue weighted by atomic mass is 16.4. The van der Waals surface area contributed by atoms with Crippen LogP contribution in [0.25, 0.3) is 0 Å². The second kappa shape index (κ2) is 6.06. The van der Waals surface area contributed by atoms with Gasteiger partial charge in [-0.05, 0) is 31.2 Å². The van der Waals surface area contributed by atoms with Crippen LogP contribution in [0.3, 0.4) is 0 Å². The molecule has 0 fully saturated rings. The van der Waals surface area contributed by atoms with E-state index in [0.717, 1.165) is 0 Å². The lowest BCUT2D eigenvalue weighted by molar-refractivity contribution is 0.169. The summed E-state index contributed by atoms with van der Waals surface area (Å²) in [5, 5.41) is 17.2. The van der Waals surface area contributed by atoms with E-state index in [4.69, 9.17) is 19.0 Å². The molecule has 2 aromatic heterocycles. The number of hydrogen-bond donors (Lipinski definition) is 2. The molecule has 0 aliphatic carbocycles. The van der Waals surface area contributed by atoms with Gasteiger partial charge in [-0.2, -0.15) is 0 Å². The van der Waals surface area contributed by atoms with Crippen molar-refractivity contribution in [3.05, 3.63) is 48.3 Å². The van der Waals surface area contributed by atoms with Crippen molar-refractivity contribution in [3.8, 4) is 0 Å². The van der Waals surface area contributed by atoms with Crippen molar-refractivity contribution >= 4 is 0 Å². The van der Waals surface area contributed by atoms with Crippen LogP contribution in [0.2, 0.25) is 0 Å². The van der Waals surface area contributed by atoms with Crippen LogP contribution in [-0.2, 0) is 6.61 Å². The summed E-state index contributed by atoms with van der Waals surface area (Å²) < 4.78 is 9.58. The molecule has 1 unspecified atom stereocenters. The lowest BCUT2D eigenvalue weighted by atomic mass is 10.3. The molecule has 0 amide bonds. The third kappa shape index (κ3) is 4.01. The van der Waals surface area contributed by atoms with Crippen LogP contribution in [0.1, 0.15) is 24.5 Å². The van der Waals surface area contributed by atoms with Gasteiger partial charge in [-0.15, -0.1) is 0 Å². The second-order valence-corrected chi connectivity index (χ2v) is 2.93. The second-order valence-electron chi connectivity index (χ2n) is 2.93. The first-order chi connectivity index (χ1) is 7.24. The molecular weight excluding hydrogens is 196 g/mol. The van der Waals surface area contributed by atoms with E-state index in [-0.39, 0.29) is 6.61 Å². The van der Waals surface area contributed by atoms with Crippen LogP contribution >= 0.6 is 0 Å². The van der Waals surface area contributed by atoms with Crippen molar-refractivity contribution in [1.82, 2.24) is 0 Å². The van der Waals surface area contributed by atoms with Crippen molar-refractivity contribution in [2.24, 2.45) is 0 Å². The highest BCUT2D eigenvalue weighted by molar-refractivity contribution is 5.00. The lowest BCUT2D eigenvalue weighted by Crippen LogP contribution is -1.84. The van der Waals surface area contributed by atoms with Crippen LogP contribution in [0, 0.1) is 0 Å². The number of aliphatic hydroxyl groups excluding tert-OH is 2. The van der Waals surface area contributed by atoms with E-state index in [1.54, 1.807) is 37.5 Å². The molecule has 2 heterocycles. The van der Waals surface area contributed by atoms with Crippen molar-refractivity contribution < 1.29 is 19.0 Å². The van der Waals surface area contributed by atoms with E-state index in [9.17, 15) is 0 Å². The van der Waals surface area contributed by atoms with Crippen molar-refractivity contribution in [2.75, 3.05) is 0 Å². The number of hydrogen-bond acceptors (Lipinski definition) is 4. The summed E-state index contributed by atoms with van der Waals surface area (Å²) in [5.74, 6) is 1.23. The van der Waals surface area contributed by atoms with Crippen LogP contribution in [0.5, 0.6) is 0 Å². The SMILES string of the molecule is CC(O)c1ccco1.OCc1ccco1. The standard InChI is InChI=1S/C6H8O2.C5H6O2/c1-5(7)6-3-2-4-8-6;6-4-5-2-1-3-7-5/h2-5,7H,1H3;1-3,6H,4H2. The fourth-order valence-electron chi connectivity index (χ4n) is 0.932. The molecule has 2 N–H and O–H groups in total. The zero-order valence-electron chi connectivity index (χ0n) is 8.46. The largest absolute Gasteiger partial charge is 0.467 e. The minimum absolute atomic E-state index is 0.00694. The highest BCUT2D eigenvalue weighted by Gasteiger charge is 1.99. The molecule has 0 aliphatic heterocycles. The summed E-state index contributed by atoms with van der Waals surface area (Å²) in [6.07, 6.45) is 2.60. The predicted molar refractivity (Wildman–Crippen MR) is 54.0 cm³/mol. The Morgan fingerprint density at radius 3 is 2.13 bits per heavy atom. The Morgan fingerprint density at radius 1 is 1.20 bits per heavy atom. The number of furan rings is 2. The molecule has 0 aliphatic rings. The van der Waals surface area contributed by atoms with E-state index >= 15 is 0 Å². The van der Waals surface area contributed by atoms with Gasteiger partial charge >= 0.3 is 0 Å². The third-order valence-electron chi connectivity index (χ3n) is 1.69. The van der Waals surface area contributed by atoms with Crippen molar-refractivity contribution in [1.29, 1.82) is 0 Å². The van der Waals surface area contributed by atoms with E-state index in [2.05, 4.69) is 0 Å². The Hall–Kier alpha value is -1.52. The topological polar surface area (TPSA) is 66.7 Å². The van der Waals surface area contributed by atoms with Gasteiger partial charge in [0.1, 0.15) is 24.2 Å². The van der Waals surface area contributed by atoms with E-state index in [1.165, 1.54) is 6.26 Å². The maximum absolute atomic E-state index is 8.82. The first-order valence-corrected chi connectivity index (χ1v) is 4.58. The molecular formula is C11H14O4. The van der Waals surface area contributed by atoms with Crippen molar-refractivity contribution in [3.63, 3.8) is 0 Å². The van der Waals surface area contributed by atoms with E-state index in [1.807, 2.05) is 0 Å². The smallest absolute Gasteiger partial charge is 0.131 e. The molecule has 4 heteroatoms. The Morgan fingerprint density at radius 2 is 1.87 bits per heavy atom. The molecule has 1 atom stereocenters. The predicted octanol–water partition coefficient (Wildman–Crippen LogP) is 2.10. The molecule has 0 aromatic carbocycles. The van der Waals surface area contributed by atoms with Crippen LogP contribution in [0.15, 0.2) is 45.6 Å². The van der Waals surface area contributed by atoms with Gasteiger partial charge in [-0.1, -0.05) is 0 Å². The minimum atomic E-state index is -0.481. The Bertz CT molecular complexity index is 335. The summed E-state index contributed by atoms with van der Waals surface area (Å²) in [4.78, 5) is 0. The third-order valence-corrected chi connectivity index (χ3v) is 1.69. The van der Waals surface area contributed by atoms with Crippen LogP contribution in [-0.4, -0.2) is 10.2 Å². The summed E-state index contributed by atoms with van der Waals surface area (Å²) in [6, 6.07) is 6.96. The normalized spacial score (nSPS) is 11.7. The molecule has 0 bridgehead atoms. The van der Waals surface area contributed by atoms with Gasteiger partial charge in [-0.25, -0.2) is 0 Å². The molecule has 0 spiro atoms. The fourth-order valence-corrected chi connectivity index (χ4v) is 0.932. The first kappa shape index (κ1) is 11.6.